The van der Waals surface area contributed by atoms with Crippen molar-refractivity contribution >= 4 is 57.6 Å². The van der Waals surface area contributed by atoms with E-state index in [1.54, 1.807) is 4.90 Å². The summed E-state index contributed by atoms with van der Waals surface area (Å²) in [6.45, 7) is 2.54. The van der Waals surface area contributed by atoms with E-state index in [1.807, 2.05) is 78.9 Å². The number of hydrogen-bond donors (Lipinski definition) is 0. The lowest BCUT2D eigenvalue weighted by molar-refractivity contribution is -0.113. The number of carbonyl (C=O) groups excluding carboxylic acids is 1. The lowest BCUT2D eigenvalue weighted by atomic mass is 10.1. The van der Waals surface area contributed by atoms with Gasteiger partial charge in [-0.1, -0.05) is 78.9 Å². The minimum Gasteiger partial charge on any atom is -0.489 e. The molecule has 1 aliphatic heterocycles. The SMILES string of the molecule is CCc1ccc(N2C(=O)C(=Cc3cccc(OCc4ccc(Cl)cc4)c3)SC2=S)cc1. The molecular weight excluding hydrogens is 446 g/mol. The second kappa shape index (κ2) is 9.69. The van der Waals surface area contributed by atoms with Gasteiger partial charge in [-0.2, -0.15) is 0 Å². The number of nitrogens with zero attached hydrogens (tertiary/aromatic N) is 1. The second-order valence-electron chi connectivity index (χ2n) is 7.02. The molecule has 31 heavy (non-hydrogen) atoms. The first kappa shape index (κ1) is 21.6. The maximum atomic E-state index is 13.0. The molecule has 0 radical (unpaired) electrons. The topological polar surface area (TPSA) is 29.5 Å². The summed E-state index contributed by atoms with van der Waals surface area (Å²) >= 11 is 12.7. The van der Waals surface area contributed by atoms with Crippen LogP contribution in [0.2, 0.25) is 5.02 Å². The molecule has 156 valence electrons. The number of ether oxygens (including phenoxy) is 1. The molecule has 1 fully saturated rings. The van der Waals surface area contributed by atoms with Crippen molar-refractivity contribution in [3.05, 3.63) is 99.4 Å². The lowest BCUT2D eigenvalue weighted by Crippen LogP contribution is -2.27. The zero-order valence-corrected chi connectivity index (χ0v) is 19.3. The molecule has 0 bridgehead atoms. The van der Waals surface area contributed by atoms with Crippen LogP contribution in [0.3, 0.4) is 0 Å². The summed E-state index contributed by atoms with van der Waals surface area (Å²) in [6.07, 6.45) is 2.81. The van der Waals surface area contributed by atoms with E-state index in [2.05, 4.69) is 6.92 Å². The molecule has 1 heterocycles. The molecule has 0 atom stereocenters. The largest absolute Gasteiger partial charge is 0.489 e. The van der Waals surface area contributed by atoms with Gasteiger partial charge in [0.2, 0.25) is 0 Å². The fourth-order valence-corrected chi connectivity index (χ4v) is 4.59. The first-order chi connectivity index (χ1) is 15.0. The highest BCUT2D eigenvalue weighted by atomic mass is 35.5. The number of thiocarbonyl (C=S) groups is 1. The number of halogens is 1. The molecule has 3 aromatic carbocycles. The van der Waals surface area contributed by atoms with Gasteiger partial charge in [0, 0.05) is 5.02 Å². The van der Waals surface area contributed by atoms with Gasteiger partial charge in [-0.15, -0.1) is 0 Å². The van der Waals surface area contributed by atoms with E-state index in [-0.39, 0.29) is 5.91 Å². The van der Waals surface area contributed by atoms with Crippen molar-refractivity contribution in [2.75, 3.05) is 4.90 Å². The Labute approximate surface area is 196 Å². The van der Waals surface area contributed by atoms with E-state index in [0.717, 1.165) is 29.0 Å². The monoisotopic (exact) mass is 465 g/mol. The summed E-state index contributed by atoms with van der Waals surface area (Å²) < 4.78 is 6.43. The molecule has 6 heteroatoms. The molecule has 1 aliphatic rings. The number of rotatable bonds is 6. The summed E-state index contributed by atoms with van der Waals surface area (Å²) in [6, 6.07) is 23.2. The number of thioether (sulfide) groups is 1. The molecule has 1 amide bonds. The molecular formula is C25H20ClNO2S2. The van der Waals surface area contributed by atoms with Crippen LogP contribution in [0.5, 0.6) is 5.75 Å². The Balaban J connectivity index is 1.49. The number of amides is 1. The van der Waals surface area contributed by atoms with Gasteiger partial charge in [0.1, 0.15) is 12.4 Å². The third-order valence-electron chi connectivity index (χ3n) is 4.87. The van der Waals surface area contributed by atoms with Crippen LogP contribution in [0.4, 0.5) is 5.69 Å². The summed E-state index contributed by atoms with van der Waals surface area (Å²) in [7, 11) is 0. The van der Waals surface area contributed by atoms with Crippen molar-refractivity contribution in [3.63, 3.8) is 0 Å². The number of anilines is 1. The Morgan fingerprint density at radius 1 is 1.03 bits per heavy atom. The molecule has 0 spiro atoms. The van der Waals surface area contributed by atoms with Crippen molar-refractivity contribution in [1.82, 2.24) is 0 Å². The summed E-state index contributed by atoms with van der Waals surface area (Å²) in [5.74, 6) is 0.626. The summed E-state index contributed by atoms with van der Waals surface area (Å²) in [5, 5.41) is 0.698. The number of hydrogen-bond acceptors (Lipinski definition) is 4. The van der Waals surface area contributed by atoms with E-state index in [9.17, 15) is 4.79 Å². The van der Waals surface area contributed by atoms with E-state index < -0.39 is 0 Å². The maximum Gasteiger partial charge on any atom is 0.270 e. The highest BCUT2D eigenvalue weighted by molar-refractivity contribution is 8.27. The minimum absolute atomic E-state index is 0.105. The first-order valence-electron chi connectivity index (χ1n) is 9.87. The molecule has 0 aromatic heterocycles. The first-order valence-corrected chi connectivity index (χ1v) is 11.5. The third-order valence-corrected chi connectivity index (χ3v) is 6.43. The van der Waals surface area contributed by atoms with E-state index in [1.165, 1.54) is 17.3 Å². The van der Waals surface area contributed by atoms with Crippen LogP contribution >= 0.6 is 35.6 Å². The number of benzene rings is 3. The van der Waals surface area contributed by atoms with Crippen LogP contribution < -0.4 is 9.64 Å². The molecule has 4 rings (SSSR count). The van der Waals surface area contributed by atoms with Gasteiger partial charge >= 0.3 is 0 Å². The zero-order valence-electron chi connectivity index (χ0n) is 16.9. The smallest absolute Gasteiger partial charge is 0.270 e. The van der Waals surface area contributed by atoms with E-state index in [0.29, 0.717) is 20.9 Å². The van der Waals surface area contributed by atoms with Crippen LogP contribution in [0, 0.1) is 0 Å². The second-order valence-corrected chi connectivity index (χ2v) is 9.14. The average Bonchev–Trinajstić information content (AvgIpc) is 3.06. The molecule has 0 aliphatic carbocycles. The van der Waals surface area contributed by atoms with Gasteiger partial charge in [0.15, 0.2) is 4.32 Å². The third kappa shape index (κ3) is 5.18. The maximum absolute atomic E-state index is 13.0. The van der Waals surface area contributed by atoms with Crippen molar-refractivity contribution in [2.45, 2.75) is 20.0 Å². The standard InChI is InChI=1S/C25H20ClNO2S2/c1-2-17-8-12-21(13-9-17)27-24(28)23(31-25(27)30)15-19-4-3-5-22(14-19)29-16-18-6-10-20(26)11-7-18/h3-15H,2,16H2,1H3. The van der Waals surface area contributed by atoms with Gasteiger partial charge < -0.3 is 4.74 Å². The van der Waals surface area contributed by atoms with E-state index >= 15 is 0 Å². The highest BCUT2D eigenvalue weighted by Crippen LogP contribution is 2.36. The van der Waals surface area contributed by atoms with Gasteiger partial charge in [0.25, 0.3) is 5.91 Å². The fraction of sp³-hybridized carbons (Fsp3) is 0.120. The average molecular weight is 466 g/mol. The molecule has 3 nitrogen and oxygen atoms in total. The Kier molecular flexibility index (Phi) is 6.76. The molecule has 0 saturated carbocycles. The molecule has 0 unspecified atom stereocenters. The zero-order chi connectivity index (χ0) is 21.8. The molecule has 0 N–H and O–H groups in total. The van der Waals surface area contributed by atoms with Gasteiger partial charge in [0.05, 0.1) is 10.6 Å². The summed E-state index contributed by atoms with van der Waals surface area (Å²) in [5.41, 5.74) is 3.93. The highest BCUT2D eigenvalue weighted by Gasteiger charge is 2.33. The van der Waals surface area contributed by atoms with Gasteiger partial charge in [-0.25, -0.2) is 0 Å². The van der Waals surface area contributed by atoms with Crippen LogP contribution in [0.25, 0.3) is 6.08 Å². The van der Waals surface area contributed by atoms with Gasteiger partial charge in [-0.05, 0) is 65.6 Å². The fourth-order valence-electron chi connectivity index (χ4n) is 3.16. The molecule has 1 saturated heterocycles. The Morgan fingerprint density at radius 3 is 2.45 bits per heavy atom. The quantitative estimate of drug-likeness (QED) is 0.293. The lowest BCUT2D eigenvalue weighted by Gasteiger charge is -2.14. The van der Waals surface area contributed by atoms with Crippen molar-refractivity contribution in [2.24, 2.45) is 0 Å². The normalized spacial score (nSPS) is 15.0. The summed E-state index contributed by atoms with van der Waals surface area (Å²) in [4.78, 5) is 15.2. The Bertz CT molecular complexity index is 1140. The van der Waals surface area contributed by atoms with Crippen molar-refractivity contribution < 1.29 is 9.53 Å². The minimum atomic E-state index is -0.105. The molecule has 3 aromatic rings. The predicted molar refractivity (Wildman–Crippen MR) is 134 cm³/mol. The number of aryl methyl sites for hydroxylation is 1. The van der Waals surface area contributed by atoms with Crippen LogP contribution in [0.1, 0.15) is 23.6 Å². The van der Waals surface area contributed by atoms with Crippen molar-refractivity contribution in [3.8, 4) is 5.75 Å². The van der Waals surface area contributed by atoms with Crippen molar-refractivity contribution in [1.29, 1.82) is 0 Å². The van der Waals surface area contributed by atoms with Crippen LogP contribution in [-0.2, 0) is 17.8 Å². The van der Waals surface area contributed by atoms with Crippen LogP contribution in [-0.4, -0.2) is 10.2 Å². The van der Waals surface area contributed by atoms with Gasteiger partial charge in [-0.3, -0.25) is 9.69 Å². The number of carbonyl (C=O) groups is 1. The van der Waals surface area contributed by atoms with Crippen LogP contribution in [0.15, 0.2) is 77.7 Å². The Hall–Kier alpha value is -2.60. The Morgan fingerprint density at radius 2 is 1.74 bits per heavy atom. The van der Waals surface area contributed by atoms with E-state index in [4.69, 9.17) is 28.6 Å². The predicted octanol–water partition coefficient (Wildman–Crippen LogP) is 6.89.